The second-order valence-corrected chi connectivity index (χ2v) is 9.11. The molecule has 1 saturated carbocycles. The van der Waals surface area contributed by atoms with Crippen molar-refractivity contribution in [2.24, 2.45) is 0 Å². The second-order valence-electron chi connectivity index (χ2n) is 9.11. The van der Waals surface area contributed by atoms with Crippen LogP contribution in [0.2, 0.25) is 0 Å². The lowest BCUT2D eigenvalue weighted by atomic mass is 10.1. The molecular weight excluding hydrogens is 428 g/mol. The van der Waals surface area contributed by atoms with Crippen molar-refractivity contribution in [3.63, 3.8) is 0 Å². The van der Waals surface area contributed by atoms with Gasteiger partial charge in [-0.25, -0.2) is 4.98 Å². The van der Waals surface area contributed by atoms with Gasteiger partial charge in [-0.15, -0.1) is 0 Å². The molecule has 0 amide bonds. The number of fused-ring (bicyclic) bond motifs is 1. The fourth-order valence-corrected chi connectivity index (χ4v) is 5.05. The van der Waals surface area contributed by atoms with Crippen LogP contribution in [0, 0.1) is 0 Å². The zero-order chi connectivity index (χ0) is 23.3. The van der Waals surface area contributed by atoms with Crippen LogP contribution in [0.4, 0.5) is 17.3 Å². The molecule has 1 saturated heterocycles. The standard InChI is InChI=1S/C26H34N6O2/c1-2-34-16-11-19-17-20-18-28-26(30-24(20)32(25(19)33)23-5-3-4-6-23)29-21-7-9-22(10-8-21)31-14-12-27-13-15-31/h7-10,17-18,23,27H,2-6,11-16H2,1H3,(H,28,29,30). The van der Waals surface area contributed by atoms with Gasteiger partial charge >= 0.3 is 0 Å². The van der Waals surface area contributed by atoms with E-state index in [4.69, 9.17) is 9.72 Å². The Bertz CT molecular complexity index is 1160. The largest absolute Gasteiger partial charge is 0.381 e. The molecule has 0 atom stereocenters. The number of hydrogen-bond acceptors (Lipinski definition) is 7. The molecule has 2 N–H and O–H groups in total. The summed E-state index contributed by atoms with van der Waals surface area (Å²) in [5, 5.41) is 7.62. The molecule has 8 heteroatoms. The molecular formula is C26H34N6O2. The normalized spacial score (nSPS) is 16.9. The highest BCUT2D eigenvalue weighted by Crippen LogP contribution is 2.31. The SMILES string of the molecule is CCOCCc1cc2cnc(Nc3ccc(N4CCNCC4)cc3)nc2n(C2CCCC2)c1=O. The molecule has 3 heterocycles. The first-order chi connectivity index (χ1) is 16.7. The maximum atomic E-state index is 13.4. The number of anilines is 3. The van der Waals surface area contributed by atoms with Crippen molar-refractivity contribution in [1.29, 1.82) is 0 Å². The number of ether oxygens (including phenoxy) is 1. The Morgan fingerprint density at radius 3 is 2.65 bits per heavy atom. The Hall–Kier alpha value is -2.97. The van der Waals surface area contributed by atoms with Crippen molar-refractivity contribution in [2.45, 2.75) is 45.1 Å². The number of piperazine rings is 1. The van der Waals surface area contributed by atoms with Crippen LogP contribution in [0.3, 0.4) is 0 Å². The average Bonchev–Trinajstić information content (AvgIpc) is 3.40. The first-order valence-electron chi connectivity index (χ1n) is 12.5. The lowest BCUT2D eigenvalue weighted by Gasteiger charge is -2.29. The Balaban J connectivity index is 1.43. The van der Waals surface area contributed by atoms with Gasteiger partial charge < -0.3 is 20.3 Å². The Labute approximate surface area is 200 Å². The van der Waals surface area contributed by atoms with E-state index in [1.165, 1.54) is 5.69 Å². The quantitative estimate of drug-likeness (QED) is 0.495. The van der Waals surface area contributed by atoms with Crippen LogP contribution >= 0.6 is 0 Å². The third-order valence-electron chi connectivity index (χ3n) is 6.86. The molecule has 1 aliphatic carbocycles. The zero-order valence-electron chi connectivity index (χ0n) is 19.9. The zero-order valence-corrected chi connectivity index (χ0v) is 19.9. The summed E-state index contributed by atoms with van der Waals surface area (Å²) in [4.78, 5) is 25.2. The Kier molecular flexibility index (Phi) is 7.06. The summed E-state index contributed by atoms with van der Waals surface area (Å²) in [6, 6.07) is 10.5. The summed E-state index contributed by atoms with van der Waals surface area (Å²) in [6.45, 7) is 7.24. The Morgan fingerprint density at radius 2 is 1.91 bits per heavy atom. The fourth-order valence-electron chi connectivity index (χ4n) is 5.05. The molecule has 34 heavy (non-hydrogen) atoms. The van der Waals surface area contributed by atoms with Crippen LogP contribution in [0.25, 0.3) is 11.0 Å². The molecule has 2 aliphatic rings. The van der Waals surface area contributed by atoms with E-state index >= 15 is 0 Å². The third-order valence-corrected chi connectivity index (χ3v) is 6.86. The first kappa shape index (κ1) is 22.8. The molecule has 1 aliphatic heterocycles. The van der Waals surface area contributed by atoms with Crippen LogP contribution in [0.15, 0.2) is 41.3 Å². The van der Waals surface area contributed by atoms with E-state index in [1.54, 1.807) is 0 Å². The molecule has 2 aromatic heterocycles. The molecule has 0 bridgehead atoms. The van der Waals surface area contributed by atoms with Crippen molar-refractivity contribution in [3.8, 4) is 0 Å². The minimum Gasteiger partial charge on any atom is -0.381 e. The van der Waals surface area contributed by atoms with E-state index in [0.717, 1.165) is 68.5 Å². The smallest absolute Gasteiger partial charge is 0.255 e. The van der Waals surface area contributed by atoms with Gasteiger partial charge in [0.05, 0.1) is 6.61 Å². The molecule has 0 unspecified atom stereocenters. The number of benzene rings is 1. The number of aromatic nitrogens is 3. The van der Waals surface area contributed by atoms with Crippen molar-refractivity contribution >= 4 is 28.4 Å². The predicted octanol–water partition coefficient (Wildman–Crippen LogP) is 3.64. The maximum absolute atomic E-state index is 13.4. The number of pyridine rings is 1. The summed E-state index contributed by atoms with van der Waals surface area (Å²) < 4.78 is 7.43. The fraction of sp³-hybridized carbons (Fsp3) is 0.500. The minimum absolute atomic E-state index is 0.0594. The number of hydrogen-bond donors (Lipinski definition) is 2. The van der Waals surface area contributed by atoms with Crippen LogP contribution < -0.4 is 21.1 Å². The lowest BCUT2D eigenvalue weighted by Crippen LogP contribution is -2.43. The molecule has 1 aromatic carbocycles. The highest BCUT2D eigenvalue weighted by molar-refractivity contribution is 5.77. The number of nitrogens with zero attached hydrogens (tertiary/aromatic N) is 4. The van der Waals surface area contributed by atoms with Gasteiger partial charge in [-0.1, -0.05) is 12.8 Å². The maximum Gasteiger partial charge on any atom is 0.255 e. The monoisotopic (exact) mass is 462 g/mol. The van der Waals surface area contributed by atoms with Crippen molar-refractivity contribution in [2.75, 3.05) is 49.6 Å². The van der Waals surface area contributed by atoms with Crippen LogP contribution in [-0.4, -0.2) is 53.9 Å². The van der Waals surface area contributed by atoms with Gasteiger partial charge in [0.15, 0.2) is 0 Å². The number of rotatable bonds is 8. The van der Waals surface area contributed by atoms with Crippen molar-refractivity contribution in [3.05, 3.63) is 52.4 Å². The molecule has 8 nitrogen and oxygen atoms in total. The van der Waals surface area contributed by atoms with E-state index in [2.05, 4.69) is 44.8 Å². The van der Waals surface area contributed by atoms with Crippen LogP contribution in [0.5, 0.6) is 0 Å². The molecule has 5 rings (SSSR count). The number of nitrogens with one attached hydrogen (secondary N) is 2. The van der Waals surface area contributed by atoms with Gasteiger partial charge in [0.25, 0.3) is 5.56 Å². The van der Waals surface area contributed by atoms with Gasteiger partial charge in [0.2, 0.25) is 5.95 Å². The highest BCUT2D eigenvalue weighted by atomic mass is 16.5. The van der Waals surface area contributed by atoms with E-state index in [-0.39, 0.29) is 11.6 Å². The van der Waals surface area contributed by atoms with E-state index in [9.17, 15) is 4.79 Å². The topological polar surface area (TPSA) is 84.3 Å². The summed E-state index contributed by atoms with van der Waals surface area (Å²) >= 11 is 0. The van der Waals surface area contributed by atoms with Gasteiger partial charge in [0.1, 0.15) is 5.65 Å². The third kappa shape index (κ3) is 4.93. The molecule has 2 fully saturated rings. The van der Waals surface area contributed by atoms with Gasteiger partial charge in [-0.05, 0) is 50.1 Å². The molecule has 3 aromatic rings. The lowest BCUT2D eigenvalue weighted by molar-refractivity contribution is 0.150. The average molecular weight is 463 g/mol. The van der Waals surface area contributed by atoms with Gasteiger partial charge in [-0.3, -0.25) is 9.36 Å². The van der Waals surface area contributed by atoms with Crippen molar-refractivity contribution < 1.29 is 4.74 Å². The molecule has 0 radical (unpaired) electrons. The summed E-state index contributed by atoms with van der Waals surface area (Å²) in [5.74, 6) is 0.510. The van der Waals surface area contributed by atoms with Crippen molar-refractivity contribution in [1.82, 2.24) is 19.9 Å². The molecule has 0 spiro atoms. The molecule has 180 valence electrons. The Morgan fingerprint density at radius 1 is 1.15 bits per heavy atom. The summed E-state index contributed by atoms with van der Waals surface area (Å²) in [6.07, 6.45) is 6.77. The van der Waals surface area contributed by atoms with E-state index in [1.807, 2.05) is 23.8 Å². The first-order valence-corrected chi connectivity index (χ1v) is 12.5. The predicted molar refractivity (Wildman–Crippen MR) is 136 cm³/mol. The minimum atomic E-state index is 0.0594. The van der Waals surface area contributed by atoms with E-state index < -0.39 is 0 Å². The summed E-state index contributed by atoms with van der Waals surface area (Å²) in [7, 11) is 0. The van der Waals surface area contributed by atoms with E-state index in [0.29, 0.717) is 31.2 Å². The van der Waals surface area contributed by atoms with Crippen LogP contribution in [0.1, 0.15) is 44.2 Å². The summed E-state index contributed by atoms with van der Waals surface area (Å²) in [5.41, 5.74) is 3.71. The second kappa shape index (κ2) is 10.5. The van der Waals surface area contributed by atoms with Gasteiger partial charge in [-0.2, -0.15) is 4.98 Å². The van der Waals surface area contributed by atoms with Gasteiger partial charge in [0, 0.05) is 73.8 Å². The highest BCUT2D eigenvalue weighted by Gasteiger charge is 2.22. The van der Waals surface area contributed by atoms with Crippen LogP contribution in [-0.2, 0) is 11.2 Å².